The SMILES string of the molecule is COCCCNC(C)c1ccc2c(c1)CCO2. The summed E-state index contributed by atoms with van der Waals surface area (Å²) in [5.41, 5.74) is 2.68. The lowest BCUT2D eigenvalue weighted by molar-refractivity contribution is 0.193. The van der Waals surface area contributed by atoms with E-state index in [1.807, 2.05) is 0 Å². The summed E-state index contributed by atoms with van der Waals surface area (Å²) < 4.78 is 10.5. The van der Waals surface area contributed by atoms with Crippen LogP contribution in [0.5, 0.6) is 5.75 Å². The quantitative estimate of drug-likeness (QED) is 0.767. The van der Waals surface area contributed by atoms with Gasteiger partial charge in [-0.1, -0.05) is 12.1 Å². The van der Waals surface area contributed by atoms with E-state index in [-0.39, 0.29) is 0 Å². The first-order valence-electron chi connectivity index (χ1n) is 6.29. The minimum Gasteiger partial charge on any atom is -0.493 e. The standard InChI is InChI=1S/C14H21NO2/c1-11(15-7-3-8-16-2)12-4-5-14-13(10-12)6-9-17-14/h4-5,10-11,15H,3,6-9H2,1-2H3. The van der Waals surface area contributed by atoms with E-state index in [9.17, 15) is 0 Å². The van der Waals surface area contributed by atoms with E-state index < -0.39 is 0 Å². The van der Waals surface area contributed by atoms with Gasteiger partial charge in [0.1, 0.15) is 5.75 Å². The summed E-state index contributed by atoms with van der Waals surface area (Å²) in [6.07, 6.45) is 2.09. The maximum atomic E-state index is 5.51. The molecule has 0 aromatic heterocycles. The van der Waals surface area contributed by atoms with Crippen LogP contribution in [-0.4, -0.2) is 26.9 Å². The molecular formula is C14H21NO2. The maximum absolute atomic E-state index is 5.51. The van der Waals surface area contributed by atoms with Crippen LogP contribution in [0.25, 0.3) is 0 Å². The van der Waals surface area contributed by atoms with Crippen molar-refractivity contribution in [3.63, 3.8) is 0 Å². The minimum absolute atomic E-state index is 0.387. The Labute approximate surface area is 103 Å². The van der Waals surface area contributed by atoms with Gasteiger partial charge in [0, 0.05) is 26.2 Å². The number of nitrogens with one attached hydrogen (secondary N) is 1. The molecule has 1 aliphatic rings. The molecule has 0 saturated carbocycles. The molecule has 0 amide bonds. The Bertz CT molecular complexity index is 365. The Morgan fingerprint density at radius 3 is 3.18 bits per heavy atom. The van der Waals surface area contributed by atoms with Crippen molar-refractivity contribution in [3.05, 3.63) is 29.3 Å². The van der Waals surface area contributed by atoms with Gasteiger partial charge in [0.15, 0.2) is 0 Å². The molecule has 0 aliphatic carbocycles. The number of benzene rings is 1. The van der Waals surface area contributed by atoms with Crippen molar-refractivity contribution in [2.45, 2.75) is 25.8 Å². The molecule has 17 heavy (non-hydrogen) atoms. The Kier molecular flexibility index (Phi) is 4.40. The zero-order chi connectivity index (χ0) is 12.1. The smallest absolute Gasteiger partial charge is 0.122 e. The molecule has 0 fully saturated rings. The molecule has 1 aromatic rings. The third kappa shape index (κ3) is 3.20. The van der Waals surface area contributed by atoms with Crippen molar-refractivity contribution in [3.8, 4) is 5.75 Å². The van der Waals surface area contributed by atoms with E-state index in [1.165, 1.54) is 11.1 Å². The summed E-state index contributed by atoms with van der Waals surface area (Å²) in [6, 6.07) is 6.89. The molecule has 3 heteroatoms. The number of hydrogen-bond donors (Lipinski definition) is 1. The Morgan fingerprint density at radius 1 is 1.47 bits per heavy atom. The third-order valence-corrected chi connectivity index (χ3v) is 3.19. The fraction of sp³-hybridized carbons (Fsp3) is 0.571. The molecule has 1 aromatic carbocycles. The first-order valence-corrected chi connectivity index (χ1v) is 6.29. The molecule has 1 N–H and O–H groups in total. The van der Waals surface area contributed by atoms with Crippen LogP contribution in [0.1, 0.15) is 30.5 Å². The second-order valence-corrected chi connectivity index (χ2v) is 4.49. The van der Waals surface area contributed by atoms with Gasteiger partial charge < -0.3 is 14.8 Å². The first-order chi connectivity index (χ1) is 8.31. The maximum Gasteiger partial charge on any atom is 0.122 e. The monoisotopic (exact) mass is 235 g/mol. The predicted molar refractivity (Wildman–Crippen MR) is 68.6 cm³/mol. The zero-order valence-corrected chi connectivity index (χ0v) is 10.7. The van der Waals surface area contributed by atoms with Gasteiger partial charge in [-0.3, -0.25) is 0 Å². The van der Waals surface area contributed by atoms with Crippen molar-refractivity contribution >= 4 is 0 Å². The Hall–Kier alpha value is -1.06. The van der Waals surface area contributed by atoms with Crippen molar-refractivity contribution in [1.82, 2.24) is 5.32 Å². The highest BCUT2D eigenvalue weighted by molar-refractivity contribution is 5.40. The van der Waals surface area contributed by atoms with Gasteiger partial charge in [-0.2, -0.15) is 0 Å². The van der Waals surface area contributed by atoms with Crippen molar-refractivity contribution in [1.29, 1.82) is 0 Å². The molecule has 1 unspecified atom stereocenters. The Morgan fingerprint density at radius 2 is 2.35 bits per heavy atom. The normalized spacial score (nSPS) is 15.4. The highest BCUT2D eigenvalue weighted by Crippen LogP contribution is 2.27. The molecule has 1 atom stereocenters. The summed E-state index contributed by atoms with van der Waals surface area (Å²) in [4.78, 5) is 0. The lowest BCUT2D eigenvalue weighted by Gasteiger charge is -2.15. The summed E-state index contributed by atoms with van der Waals surface area (Å²) in [5.74, 6) is 1.06. The number of methoxy groups -OCH3 is 1. The van der Waals surface area contributed by atoms with Crippen LogP contribution in [0.4, 0.5) is 0 Å². The molecule has 3 nitrogen and oxygen atoms in total. The lowest BCUT2D eigenvalue weighted by Crippen LogP contribution is -2.20. The van der Waals surface area contributed by atoms with Crippen molar-refractivity contribution in [2.24, 2.45) is 0 Å². The topological polar surface area (TPSA) is 30.5 Å². The van der Waals surface area contributed by atoms with Crippen molar-refractivity contribution in [2.75, 3.05) is 26.9 Å². The van der Waals surface area contributed by atoms with E-state index in [2.05, 4.69) is 30.4 Å². The van der Waals surface area contributed by atoms with E-state index in [0.717, 1.165) is 38.3 Å². The first kappa shape index (κ1) is 12.4. The highest BCUT2D eigenvalue weighted by Gasteiger charge is 2.14. The fourth-order valence-corrected chi connectivity index (χ4v) is 2.13. The summed E-state index contributed by atoms with van der Waals surface area (Å²) in [7, 11) is 1.74. The van der Waals surface area contributed by atoms with E-state index in [1.54, 1.807) is 7.11 Å². The number of hydrogen-bond acceptors (Lipinski definition) is 3. The number of rotatable bonds is 6. The molecule has 1 aliphatic heterocycles. The average molecular weight is 235 g/mol. The van der Waals surface area contributed by atoms with Crippen LogP contribution in [0.3, 0.4) is 0 Å². The van der Waals surface area contributed by atoms with Crippen LogP contribution in [0, 0.1) is 0 Å². The van der Waals surface area contributed by atoms with E-state index in [0.29, 0.717) is 6.04 Å². The van der Waals surface area contributed by atoms with Gasteiger partial charge in [-0.25, -0.2) is 0 Å². The minimum atomic E-state index is 0.387. The largest absolute Gasteiger partial charge is 0.493 e. The molecule has 2 rings (SSSR count). The second kappa shape index (κ2) is 6.03. The van der Waals surface area contributed by atoms with Gasteiger partial charge >= 0.3 is 0 Å². The predicted octanol–water partition coefficient (Wildman–Crippen LogP) is 2.31. The van der Waals surface area contributed by atoms with Crippen LogP contribution >= 0.6 is 0 Å². The van der Waals surface area contributed by atoms with E-state index >= 15 is 0 Å². The fourth-order valence-electron chi connectivity index (χ4n) is 2.13. The highest BCUT2D eigenvalue weighted by atomic mass is 16.5. The van der Waals surface area contributed by atoms with Gasteiger partial charge in [0.2, 0.25) is 0 Å². The number of fused-ring (bicyclic) bond motifs is 1. The molecule has 0 radical (unpaired) electrons. The van der Waals surface area contributed by atoms with Crippen LogP contribution < -0.4 is 10.1 Å². The van der Waals surface area contributed by atoms with Crippen molar-refractivity contribution < 1.29 is 9.47 Å². The van der Waals surface area contributed by atoms with Crippen LogP contribution in [0.2, 0.25) is 0 Å². The van der Waals surface area contributed by atoms with Gasteiger partial charge in [-0.15, -0.1) is 0 Å². The number of ether oxygens (including phenoxy) is 2. The van der Waals surface area contributed by atoms with Crippen LogP contribution in [-0.2, 0) is 11.2 Å². The molecule has 1 heterocycles. The van der Waals surface area contributed by atoms with Gasteiger partial charge in [0.25, 0.3) is 0 Å². The summed E-state index contributed by atoms with van der Waals surface area (Å²) in [5, 5.41) is 3.50. The molecule has 0 spiro atoms. The second-order valence-electron chi connectivity index (χ2n) is 4.49. The van der Waals surface area contributed by atoms with Gasteiger partial charge in [-0.05, 0) is 37.1 Å². The molecule has 0 bridgehead atoms. The molecule has 94 valence electrons. The van der Waals surface area contributed by atoms with Gasteiger partial charge in [0.05, 0.1) is 6.61 Å². The average Bonchev–Trinajstić information content (AvgIpc) is 2.81. The van der Waals surface area contributed by atoms with E-state index in [4.69, 9.17) is 9.47 Å². The third-order valence-electron chi connectivity index (χ3n) is 3.19. The van der Waals surface area contributed by atoms with Crippen LogP contribution in [0.15, 0.2) is 18.2 Å². The molecular weight excluding hydrogens is 214 g/mol. The summed E-state index contributed by atoms with van der Waals surface area (Å²) >= 11 is 0. The molecule has 0 saturated heterocycles. The zero-order valence-electron chi connectivity index (χ0n) is 10.7. The summed E-state index contributed by atoms with van der Waals surface area (Å²) in [6.45, 7) is 4.83. The Balaban J connectivity index is 1.88. The lowest BCUT2D eigenvalue weighted by atomic mass is 10.0.